The second kappa shape index (κ2) is 4.86. The molecular weight excluding hydrogens is 240 g/mol. The van der Waals surface area contributed by atoms with Gasteiger partial charge in [-0.25, -0.2) is 10.3 Å². The molecule has 1 aromatic heterocycles. The van der Waals surface area contributed by atoms with Crippen molar-refractivity contribution in [3.05, 3.63) is 66.4 Å². The Kier molecular flexibility index (Phi) is 2.90. The number of anilines is 1. The van der Waals surface area contributed by atoms with E-state index >= 15 is 0 Å². The van der Waals surface area contributed by atoms with Crippen LogP contribution in [0.3, 0.4) is 0 Å². The minimum atomic E-state index is -0.444. The van der Waals surface area contributed by atoms with Crippen LogP contribution in [0.15, 0.2) is 60.7 Å². The number of aromatic amines is 1. The molecule has 3 rings (SSSR count). The smallest absolute Gasteiger partial charge is 0.349 e. The third-order valence-electron chi connectivity index (χ3n) is 2.79. The van der Waals surface area contributed by atoms with Gasteiger partial charge in [-0.05, 0) is 24.3 Å². The Morgan fingerprint density at radius 1 is 1.00 bits per heavy atom. The summed E-state index contributed by atoms with van der Waals surface area (Å²) in [6, 6.07) is 18.7. The minimum Gasteiger partial charge on any atom is -0.349 e. The molecule has 2 aromatic carbocycles. The lowest BCUT2D eigenvalue weighted by molar-refractivity contribution is 0.0591. The van der Waals surface area contributed by atoms with E-state index in [9.17, 15) is 4.79 Å². The van der Waals surface area contributed by atoms with Gasteiger partial charge in [0.1, 0.15) is 5.69 Å². The molecule has 4 nitrogen and oxygen atoms in total. The van der Waals surface area contributed by atoms with Crippen LogP contribution in [0.5, 0.6) is 0 Å². The predicted molar refractivity (Wildman–Crippen MR) is 73.8 cm³/mol. The van der Waals surface area contributed by atoms with E-state index in [0.29, 0.717) is 5.69 Å². The molecule has 3 aromatic rings. The molecule has 0 aliphatic rings. The van der Waals surface area contributed by atoms with Crippen LogP contribution in [0, 0.1) is 0 Å². The van der Waals surface area contributed by atoms with Gasteiger partial charge in [0.15, 0.2) is 0 Å². The van der Waals surface area contributed by atoms with Gasteiger partial charge < -0.3 is 9.82 Å². The van der Waals surface area contributed by atoms with Crippen molar-refractivity contribution in [2.45, 2.75) is 0 Å². The zero-order chi connectivity index (χ0) is 13.1. The molecule has 0 saturated carbocycles. The molecule has 0 atom stereocenters. The number of nitrogens with one attached hydrogen (secondary N) is 2. The normalized spacial score (nSPS) is 10.3. The molecule has 2 N–H and O–H groups in total. The van der Waals surface area contributed by atoms with Crippen LogP contribution in [0.25, 0.3) is 10.9 Å². The Labute approximate surface area is 110 Å². The van der Waals surface area contributed by atoms with Gasteiger partial charge >= 0.3 is 5.97 Å². The second-order valence-corrected chi connectivity index (χ2v) is 4.13. The molecule has 0 aliphatic carbocycles. The largest absolute Gasteiger partial charge is 0.378 e. The van der Waals surface area contributed by atoms with Crippen LogP contribution >= 0.6 is 0 Å². The number of hydrogen-bond donors (Lipinski definition) is 2. The summed E-state index contributed by atoms with van der Waals surface area (Å²) >= 11 is 0. The first-order chi connectivity index (χ1) is 9.33. The Morgan fingerprint density at radius 2 is 1.74 bits per heavy atom. The highest BCUT2D eigenvalue weighted by molar-refractivity contribution is 5.95. The summed E-state index contributed by atoms with van der Waals surface area (Å²) in [7, 11) is 0. The van der Waals surface area contributed by atoms with Crippen LogP contribution in [-0.4, -0.2) is 11.0 Å². The second-order valence-electron chi connectivity index (χ2n) is 4.13. The molecule has 0 unspecified atom stereocenters. The summed E-state index contributed by atoms with van der Waals surface area (Å²) < 4.78 is 0. The molecule has 0 spiro atoms. The number of carbonyl (C=O) groups excluding carboxylic acids is 1. The maximum Gasteiger partial charge on any atom is 0.378 e. The molecule has 0 bridgehead atoms. The Hall–Kier alpha value is -2.75. The molecular formula is C15H12N2O2. The minimum absolute atomic E-state index is 0.421. The van der Waals surface area contributed by atoms with E-state index in [-0.39, 0.29) is 0 Å². The van der Waals surface area contributed by atoms with E-state index in [1.54, 1.807) is 6.07 Å². The molecule has 0 amide bonds. The highest BCUT2D eigenvalue weighted by Crippen LogP contribution is 2.15. The van der Waals surface area contributed by atoms with Crippen molar-refractivity contribution < 1.29 is 9.63 Å². The zero-order valence-corrected chi connectivity index (χ0v) is 10.1. The Bertz CT molecular complexity index is 671. The first-order valence-corrected chi connectivity index (χ1v) is 5.93. The fourth-order valence-corrected chi connectivity index (χ4v) is 1.85. The first kappa shape index (κ1) is 11.3. The molecule has 94 valence electrons. The lowest BCUT2D eigenvalue weighted by Crippen LogP contribution is -2.10. The number of hydrogen-bond acceptors (Lipinski definition) is 3. The van der Waals surface area contributed by atoms with E-state index in [1.165, 1.54) is 0 Å². The molecule has 4 heteroatoms. The Morgan fingerprint density at radius 3 is 2.53 bits per heavy atom. The molecule has 0 aliphatic heterocycles. The summed E-state index contributed by atoms with van der Waals surface area (Å²) in [6.45, 7) is 0. The molecule has 1 heterocycles. The van der Waals surface area contributed by atoms with Crippen molar-refractivity contribution >= 4 is 22.6 Å². The highest BCUT2D eigenvalue weighted by Gasteiger charge is 2.10. The van der Waals surface area contributed by atoms with Gasteiger partial charge in [0, 0.05) is 10.9 Å². The monoisotopic (exact) mass is 252 g/mol. The van der Waals surface area contributed by atoms with Gasteiger partial charge in [-0.2, -0.15) is 0 Å². The van der Waals surface area contributed by atoms with E-state index in [4.69, 9.17) is 4.84 Å². The van der Waals surface area contributed by atoms with E-state index in [2.05, 4.69) is 10.5 Å². The maximum absolute atomic E-state index is 11.9. The van der Waals surface area contributed by atoms with E-state index < -0.39 is 5.97 Å². The van der Waals surface area contributed by atoms with Gasteiger partial charge in [0.2, 0.25) is 0 Å². The number of H-pyrrole nitrogens is 1. The van der Waals surface area contributed by atoms with Crippen molar-refractivity contribution in [3.8, 4) is 0 Å². The number of benzene rings is 2. The van der Waals surface area contributed by atoms with Crippen molar-refractivity contribution in [3.63, 3.8) is 0 Å². The fraction of sp³-hybridized carbons (Fsp3) is 0. The molecule has 0 fully saturated rings. The van der Waals surface area contributed by atoms with E-state index in [0.717, 1.165) is 16.6 Å². The summed E-state index contributed by atoms with van der Waals surface area (Å²) in [4.78, 5) is 19.9. The number of fused-ring (bicyclic) bond motifs is 1. The highest BCUT2D eigenvalue weighted by atomic mass is 16.7. The fourth-order valence-electron chi connectivity index (χ4n) is 1.85. The topological polar surface area (TPSA) is 54.1 Å². The van der Waals surface area contributed by atoms with Crippen molar-refractivity contribution in [2.75, 3.05) is 5.48 Å². The first-order valence-electron chi connectivity index (χ1n) is 5.93. The van der Waals surface area contributed by atoms with Gasteiger partial charge in [-0.15, -0.1) is 0 Å². The standard InChI is InChI=1S/C15H12N2O2/c18-15(19-17-12-7-2-1-3-8-12)14-10-11-6-4-5-9-13(11)16-14/h1-10,16-17H. The van der Waals surface area contributed by atoms with Crippen molar-refractivity contribution in [1.82, 2.24) is 4.98 Å². The number of rotatable bonds is 3. The van der Waals surface area contributed by atoms with Gasteiger partial charge in [0.05, 0.1) is 5.69 Å². The quantitative estimate of drug-likeness (QED) is 0.703. The van der Waals surface area contributed by atoms with Gasteiger partial charge in [-0.3, -0.25) is 0 Å². The van der Waals surface area contributed by atoms with Crippen molar-refractivity contribution in [1.29, 1.82) is 0 Å². The predicted octanol–water partition coefficient (Wildman–Crippen LogP) is 3.35. The Balaban J connectivity index is 1.73. The van der Waals surface area contributed by atoms with Crippen LogP contribution in [0.2, 0.25) is 0 Å². The summed E-state index contributed by atoms with van der Waals surface area (Å²) in [5, 5.41) is 0.981. The molecule has 19 heavy (non-hydrogen) atoms. The SMILES string of the molecule is O=C(ONc1ccccc1)c1cc2ccccc2[nH]1. The zero-order valence-electron chi connectivity index (χ0n) is 10.1. The van der Waals surface area contributed by atoms with Crippen LogP contribution in [0.4, 0.5) is 5.69 Å². The average Bonchev–Trinajstić information content (AvgIpc) is 2.90. The molecule has 0 saturated heterocycles. The van der Waals surface area contributed by atoms with E-state index in [1.807, 2.05) is 54.6 Å². The van der Waals surface area contributed by atoms with Crippen LogP contribution in [-0.2, 0) is 4.84 Å². The summed E-state index contributed by atoms with van der Waals surface area (Å²) in [6.07, 6.45) is 0. The molecule has 0 radical (unpaired) electrons. The lowest BCUT2D eigenvalue weighted by Gasteiger charge is -2.04. The van der Waals surface area contributed by atoms with Crippen molar-refractivity contribution in [2.24, 2.45) is 0 Å². The average molecular weight is 252 g/mol. The van der Waals surface area contributed by atoms with Crippen LogP contribution < -0.4 is 5.48 Å². The number of aromatic nitrogens is 1. The maximum atomic E-state index is 11.9. The summed E-state index contributed by atoms with van der Waals surface area (Å²) in [5.74, 6) is -0.444. The van der Waals surface area contributed by atoms with Crippen LogP contribution in [0.1, 0.15) is 10.5 Å². The third-order valence-corrected chi connectivity index (χ3v) is 2.79. The third kappa shape index (κ3) is 2.42. The van der Waals surface area contributed by atoms with Gasteiger partial charge in [-0.1, -0.05) is 36.4 Å². The van der Waals surface area contributed by atoms with Gasteiger partial charge in [0.25, 0.3) is 0 Å². The summed E-state index contributed by atoms with van der Waals surface area (Å²) in [5.41, 5.74) is 4.68. The number of carbonyl (C=O) groups is 1. The number of para-hydroxylation sites is 2. The lowest BCUT2D eigenvalue weighted by atomic mass is 10.2.